The number of morpholine rings is 1. The van der Waals surface area contributed by atoms with Crippen molar-refractivity contribution in [2.24, 2.45) is 0 Å². The molecule has 1 fully saturated rings. The third kappa shape index (κ3) is 4.42. The SMILES string of the molecule is COc1ccc(C(=O)Oc2cc(C)c(CN3CCOCC3)cc2C)cc1. The zero-order chi connectivity index (χ0) is 18.5. The van der Waals surface area contributed by atoms with Gasteiger partial charge in [0.2, 0.25) is 0 Å². The van der Waals surface area contributed by atoms with Crippen LogP contribution in [0.4, 0.5) is 0 Å². The Morgan fingerprint density at radius 3 is 2.42 bits per heavy atom. The van der Waals surface area contributed by atoms with E-state index in [1.54, 1.807) is 31.4 Å². The van der Waals surface area contributed by atoms with E-state index in [1.807, 2.05) is 13.0 Å². The van der Waals surface area contributed by atoms with E-state index in [0.29, 0.717) is 17.1 Å². The summed E-state index contributed by atoms with van der Waals surface area (Å²) < 4.78 is 16.1. The predicted molar refractivity (Wildman–Crippen MR) is 100.0 cm³/mol. The Kier molecular flexibility index (Phi) is 5.91. The van der Waals surface area contributed by atoms with Crippen molar-refractivity contribution in [1.29, 1.82) is 0 Å². The minimum Gasteiger partial charge on any atom is -0.497 e. The summed E-state index contributed by atoms with van der Waals surface area (Å²) >= 11 is 0. The van der Waals surface area contributed by atoms with Gasteiger partial charge in [0.25, 0.3) is 0 Å². The first-order chi connectivity index (χ1) is 12.6. The molecule has 0 spiro atoms. The van der Waals surface area contributed by atoms with Crippen molar-refractivity contribution in [2.75, 3.05) is 33.4 Å². The van der Waals surface area contributed by atoms with Gasteiger partial charge in [0.05, 0.1) is 25.9 Å². The average Bonchev–Trinajstić information content (AvgIpc) is 2.66. The molecule has 1 saturated heterocycles. The third-order valence-corrected chi connectivity index (χ3v) is 4.66. The van der Waals surface area contributed by atoms with Crippen LogP contribution >= 0.6 is 0 Å². The molecule has 1 aliphatic rings. The number of benzene rings is 2. The van der Waals surface area contributed by atoms with Gasteiger partial charge in [0, 0.05) is 19.6 Å². The van der Waals surface area contributed by atoms with Crippen LogP contribution in [0.15, 0.2) is 36.4 Å². The molecule has 138 valence electrons. The van der Waals surface area contributed by atoms with E-state index < -0.39 is 0 Å². The lowest BCUT2D eigenvalue weighted by atomic mass is 10.0. The van der Waals surface area contributed by atoms with E-state index in [2.05, 4.69) is 17.9 Å². The van der Waals surface area contributed by atoms with E-state index in [-0.39, 0.29) is 5.97 Å². The highest BCUT2D eigenvalue weighted by Crippen LogP contribution is 2.25. The smallest absolute Gasteiger partial charge is 0.343 e. The van der Waals surface area contributed by atoms with Crippen LogP contribution < -0.4 is 9.47 Å². The van der Waals surface area contributed by atoms with Crippen LogP contribution in [0.2, 0.25) is 0 Å². The number of carbonyl (C=O) groups excluding carboxylic acids is 1. The molecule has 1 aliphatic heterocycles. The lowest BCUT2D eigenvalue weighted by molar-refractivity contribution is 0.0341. The van der Waals surface area contributed by atoms with Gasteiger partial charge < -0.3 is 14.2 Å². The number of esters is 1. The van der Waals surface area contributed by atoms with Gasteiger partial charge in [-0.15, -0.1) is 0 Å². The van der Waals surface area contributed by atoms with E-state index in [0.717, 1.165) is 44.0 Å². The zero-order valence-electron chi connectivity index (χ0n) is 15.6. The van der Waals surface area contributed by atoms with Crippen LogP contribution in [-0.2, 0) is 11.3 Å². The molecule has 2 aromatic rings. The van der Waals surface area contributed by atoms with Crippen molar-refractivity contribution >= 4 is 5.97 Å². The fourth-order valence-corrected chi connectivity index (χ4v) is 3.02. The second kappa shape index (κ2) is 8.34. The Labute approximate surface area is 154 Å². The maximum atomic E-state index is 12.4. The number of rotatable bonds is 5. The van der Waals surface area contributed by atoms with Crippen molar-refractivity contribution in [3.05, 3.63) is 58.7 Å². The first-order valence-corrected chi connectivity index (χ1v) is 8.83. The molecule has 0 bridgehead atoms. The van der Waals surface area contributed by atoms with Crippen molar-refractivity contribution in [2.45, 2.75) is 20.4 Å². The first kappa shape index (κ1) is 18.4. The number of carbonyl (C=O) groups is 1. The highest BCUT2D eigenvalue weighted by atomic mass is 16.5. The summed E-state index contributed by atoms with van der Waals surface area (Å²) in [5.41, 5.74) is 3.84. The molecule has 5 nitrogen and oxygen atoms in total. The van der Waals surface area contributed by atoms with Crippen molar-refractivity contribution < 1.29 is 19.0 Å². The molecule has 0 saturated carbocycles. The molecule has 0 atom stereocenters. The number of methoxy groups -OCH3 is 1. The number of ether oxygens (including phenoxy) is 3. The summed E-state index contributed by atoms with van der Waals surface area (Å²) in [6.45, 7) is 8.39. The van der Waals surface area contributed by atoms with E-state index in [4.69, 9.17) is 14.2 Å². The summed E-state index contributed by atoms with van der Waals surface area (Å²) in [5.74, 6) is 0.950. The predicted octanol–water partition coefficient (Wildman–Crippen LogP) is 3.36. The Hall–Kier alpha value is -2.37. The minimum absolute atomic E-state index is 0.365. The number of hydrogen-bond donors (Lipinski definition) is 0. The largest absolute Gasteiger partial charge is 0.497 e. The normalized spacial score (nSPS) is 14.9. The van der Waals surface area contributed by atoms with Crippen LogP contribution in [0.25, 0.3) is 0 Å². The summed E-state index contributed by atoms with van der Waals surface area (Å²) in [5, 5.41) is 0. The number of aryl methyl sites for hydroxylation is 2. The molecule has 0 aliphatic carbocycles. The molecule has 0 unspecified atom stereocenters. The molecular formula is C21H25NO4. The van der Waals surface area contributed by atoms with E-state index >= 15 is 0 Å². The fourth-order valence-electron chi connectivity index (χ4n) is 3.02. The van der Waals surface area contributed by atoms with Crippen LogP contribution in [0.3, 0.4) is 0 Å². The highest BCUT2D eigenvalue weighted by Gasteiger charge is 2.15. The van der Waals surface area contributed by atoms with E-state index in [9.17, 15) is 4.79 Å². The number of nitrogens with zero attached hydrogens (tertiary/aromatic N) is 1. The molecule has 0 amide bonds. The Balaban J connectivity index is 1.71. The molecule has 5 heteroatoms. The molecular weight excluding hydrogens is 330 g/mol. The lowest BCUT2D eigenvalue weighted by Crippen LogP contribution is -2.35. The highest BCUT2D eigenvalue weighted by molar-refractivity contribution is 5.91. The van der Waals surface area contributed by atoms with Gasteiger partial charge in [-0.25, -0.2) is 4.79 Å². The van der Waals surface area contributed by atoms with Crippen LogP contribution in [-0.4, -0.2) is 44.3 Å². The molecule has 1 heterocycles. The minimum atomic E-state index is -0.365. The molecule has 3 rings (SSSR count). The second-order valence-corrected chi connectivity index (χ2v) is 6.55. The summed E-state index contributed by atoms with van der Waals surface area (Å²) in [6, 6.07) is 11.0. The fraction of sp³-hybridized carbons (Fsp3) is 0.381. The van der Waals surface area contributed by atoms with Gasteiger partial charge in [-0.2, -0.15) is 0 Å². The van der Waals surface area contributed by atoms with Crippen LogP contribution in [0, 0.1) is 13.8 Å². The van der Waals surface area contributed by atoms with Gasteiger partial charge in [-0.3, -0.25) is 4.90 Å². The topological polar surface area (TPSA) is 48.0 Å². The zero-order valence-corrected chi connectivity index (χ0v) is 15.6. The summed E-state index contributed by atoms with van der Waals surface area (Å²) in [7, 11) is 1.60. The summed E-state index contributed by atoms with van der Waals surface area (Å²) in [6.07, 6.45) is 0. The molecule has 0 aromatic heterocycles. The average molecular weight is 355 g/mol. The first-order valence-electron chi connectivity index (χ1n) is 8.83. The van der Waals surface area contributed by atoms with Gasteiger partial charge in [-0.1, -0.05) is 6.07 Å². The van der Waals surface area contributed by atoms with E-state index in [1.165, 1.54) is 5.56 Å². The Bertz CT molecular complexity index is 764. The van der Waals surface area contributed by atoms with Gasteiger partial charge in [0.15, 0.2) is 0 Å². The van der Waals surface area contributed by atoms with Gasteiger partial charge in [0.1, 0.15) is 11.5 Å². The summed E-state index contributed by atoms with van der Waals surface area (Å²) in [4.78, 5) is 14.8. The Morgan fingerprint density at radius 1 is 1.08 bits per heavy atom. The molecule has 0 N–H and O–H groups in total. The molecule has 2 aromatic carbocycles. The second-order valence-electron chi connectivity index (χ2n) is 6.55. The van der Waals surface area contributed by atoms with Crippen LogP contribution in [0.5, 0.6) is 11.5 Å². The van der Waals surface area contributed by atoms with Crippen molar-refractivity contribution in [3.63, 3.8) is 0 Å². The monoisotopic (exact) mass is 355 g/mol. The standard InChI is InChI=1S/C21H25NO4/c1-15-13-20(26-21(23)17-4-6-19(24-3)7-5-17)16(2)12-18(15)14-22-8-10-25-11-9-22/h4-7,12-13H,8-11,14H2,1-3H3. The maximum Gasteiger partial charge on any atom is 0.343 e. The Morgan fingerprint density at radius 2 is 1.77 bits per heavy atom. The lowest BCUT2D eigenvalue weighted by Gasteiger charge is -2.27. The molecule has 26 heavy (non-hydrogen) atoms. The van der Waals surface area contributed by atoms with Crippen LogP contribution in [0.1, 0.15) is 27.0 Å². The third-order valence-electron chi connectivity index (χ3n) is 4.66. The van der Waals surface area contributed by atoms with Gasteiger partial charge in [-0.05, 0) is 60.9 Å². The van der Waals surface area contributed by atoms with Crippen molar-refractivity contribution in [3.8, 4) is 11.5 Å². The maximum absolute atomic E-state index is 12.4. The van der Waals surface area contributed by atoms with Gasteiger partial charge >= 0.3 is 5.97 Å². The van der Waals surface area contributed by atoms with Crippen molar-refractivity contribution in [1.82, 2.24) is 4.90 Å². The quantitative estimate of drug-likeness (QED) is 0.608. The molecule has 0 radical (unpaired) electrons. The number of hydrogen-bond acceptors (Lipinski definition) is 5.